The fraction of sp³-hybridized carbons (Fsp3) is 0.0968. The maximum absolute atomic E-state index is 12.6. The van der Waals surface area contributed by atoms with Crippen molar-refractivity contribution in [2.45, 2.75) is 18.3 Å². The number of carbonyl (C=O) groups is 1. The highest BCUT2D eigenvalue weighted by molar-refractivity contribution is 9.10. The van der Waals surface area contributed by atoms with Crippen molar-refractivity contribution in [3.63, 3.8) is 0 Å². The lowest BCUT2D eigenvalue weighted by Gasteiger charge is -2.11. The van der Waals surface area contributed by atoms with Gasteiger partial charge in [0.25, 0.3) is 5.91 Å². The van der Waals surface area contributed by atoms with Gasteiger partial charge in [-0.2, -0.15) is 5.10 Å². The summed E-state index contributed by atoms with van der Waals surface area (Å²) in [6, 6.07) is 35.3. The van der Waals surface area contributed by atoms with Gasteiger partial charge in [-0.1, -0.05) is 88.4 Å². The Morgan fingerprint density at radius 3 is 2.49 bits per heavy atom. The van der Waals surface area contributed by atoms with Crippen LogP contribution in [0, 0.1) is 0 Å². The number of halogens is 1. The van der Waals surface area contributed by atoms with E-state index in [9.17, 15) is 4.79 Å². The largest absolute Gasteiger partial charge is 0.488 e. The van der Waals surface area contributed by atoms with Gasteiger partial charge in [0.2, 0.25) is 0 Å². The number of ether oxygens (including phenoxy) is 1. The Kier molecular flexibility index (Phi) is 9.80. The van der Waals surface area contributed by atoms with Crippen LogP contribution in [0.2, 0.25) is 0 Å². The molecule has 0 atom stereocenters. The Labute approximate surface area is 251 Å². The smallest absolute Gasteiger partial charge is 0.250 e. The lowest BCUT2D eigenvalue weighted by atomic mass is 10.2. The molecule has 0 fully saturated rings. The maximum atomic E-state index is 12.6. The standard InChI is InChI=1S/C31H27BrN6O2S/c32-25-12-9-10-23(18-25)21-40-28-17-8-7-11-24(28)19-34-36-30(39)22-41-31-37-35-29(20-33-26-13-3-1-4-14-26)38(31)27-15-5-2-6-16-27/h1-19,33H,20-22H2,(H,36,39)/b34-19+. The van der Waals surface area contributed by atoms with Crippen molar-refractivity contribution >= 4 is 45.5 Å². The minimum Gasteiger partial charge on any atom is -0.488 e. The van der Waals surface area contributed by atoms with Gasteiger partial charge in [0, 0.05) is 21.4 Å². The van der Waals surface area contributed by atoms with Crippen molar-refractivity contribution in [3.05, 3.63) is 131 Å². The Morgan fingerprint density at radius 2 is 1.68 bits per heavy atom. The van der Waals surface area contributed by atoms with E-state index >= 15 is 0 Å². The molecule has 2 N–H and O–H groups in total. The lowest BCUT2D eigenvalue weighted by Crippen LogP contribution is -2.20. The molecule has 0 aliphatic rings. The van der Waals surface area contributed by atoms with Gasteiger partial charge < -0.3 is 10.1 Å². The average Bonchev–Trinajstić information content (AvgIpc) is 3.42. The van der Waals surface area contributed by atoms with E-state index in [0.717, 1.165) is 32.8 Å². The number of anilines is 1. The number of amides is 1. The van der Waals surface area contributed by atoms with E-state index in [2.05, 4.69) is 42.0 Å². The third-order valence-electron chi connectivity index (χ3n) is 5.87. The van der Waals surface area contributed by atoms with Crippen LogP contribution in [0.1, 0.15) is 17.0 Å². The van der Waals surface area contributed by atoms with E-state index in [-0.39, 0.29) is 11.7 Å². The number of nitrogens with zero attached hydrogens (tertiary/aromatic N) is 4. The lowest BCUT2D eigenvalue weighted by molar-refractivity contribution is -0.118. The molecule has 0 aliphatic heterocycles. The second-order valence-corrected chi connectivity index (χ2v) is 10.7. The summed E-state index contributed by atoms with van der Waals surface area (Å²) in [6.45, 7) is 0.893. The molecule has 41 heavy (non-hydrogen) atoms. The SMILES string of the molecule is O=C(CSc1nnc(CNc2ccccc2)n1-c1ccccc1)N/N=C/c1ccccc1OCc1cccc(Br)c1. The van der Waals surface area contributed by atoms with E-state index in [4.69, 9.17) is 4.74 Å². The van der Waals surface area contributed by atoms with Crippen LogP contribution >= 0.6 is 27.7 Å². The van der Waals surface area contributed by atoms with E-state index in [1.54, 1.807) is 6.21 Å². The number of thioether (sulfide) groups is 1. The number of rotatable bonds is 12. The zero-order chi connectivity index (χ0) is 28.3. The number of hydrazone groups is 1. The maximum Gasteiger partial charge on any atom is 0.250 e. The van der Waals surface area contributed by atoms with Crippen molar-refractivity contribution in [2.75, 3.05) is 11.1 Å². The average molecular weight is 628 g/mol. The van der Waals surface area contributed by atoms with Gasteiger partial charge in [-0.3, -0.25) is 9.36 Å². The van der Waals surface area contributed by atoms with Crippen molar-refractivity contribution in [2.24, 2.45) is 5.10 Å². The highest BCUT2D eigenvalue weighted by Gasteiger charge is 2.16. The molecule has 8 nitrogen and oxygen atoms in total. The van der Waals surface area contributed by atoms with Gasteiger partial charge in [0.05, 0.1) is 18.5 Å². The molecule has 0 saturated carbocycles. The highest BCUT2D eigenvalue weighted by Crippen LogP contribution is 2.23. The fourth-order valence-corrected chi connectivity index (χ4v) is 5.13. The van der Waals surface area contributed by atoms with Crippen LogP contribution in [0.15, 0.2) is 124 Å². The Morgan fingerprint density at radius 1 is 0.927 bits per heavy atom. The molecule has 0 bridgehead atoms. The molecule has 0 aliphatic carbocycles. The topological polar surface area (TPSA) is 93.4 Å². The van der Waals surface area contributed by atoms with E-state index < -0.39 is 0 Å². The summed E-state index contributed by atoms with van der Waals surface area (Å²) in [5.41, 5.74) is 6.31. The molecule has 206 valence electrons. The zero-order valence-electron chi connectivity index (χ0n) is 22.0. The molecule has 1 aromatic heterocycles. The van der Waals surface area contributed by atoms with E-state index in [1.165, 1.54) is 11.8 Å². The normalized spacial score (nSPS) is 11.0. The van der Waals surface area contributed by atoms with Gasteiger partial charge in [0.1, 0.15) is 12.4 Å². The number of nitrogens with one attached hydrogen (secondary N) is 2. The minimum absolute atomic E-state index is 0.120. The summed E-state index contributed by atoms with van der Waals surface area (Å²) >= 11 is 4.78. The Balaban J connectivity index is 1.20. The van der Waals surface area contributed by atoms with Crippen molar-refractivity contribution in [1.82, 2.24) is 20.2 Å². The molecule has 0 unspecified atom stereocenters. The summed E-state index contributed by atoms with van der Waals surface area (Å²) in [5, 5.41) is 16.9. The van der Waals surface area contributed by atoms with Gasteiger partial charge >= 0.3 is 0 Å². The summed E-state index contributed by atoms with van der Waals surface area (Å²) in [6.07, 6.45) is 1.58. The summed E-state index contributed by atoms with van der Waals surface area (Å²) < 4.78 is 8.95. The molecule has 1 amide bonds. The van der Waals surface area contributed by atoms with E-state index in [1.807, 2.05) is 114 Å². The first kappa shape index (κ1) is 28.1. The quantitative estimate of drug-likeness (QED) is 0.0937. The van der Waals surface area contributed by atoms with Crippen LogP contribution in [-0.4, -0.2) is 32.6 Å². The molecule has 5 rings (SSSR count). The molecule has 1 heterocycles. The second-order valence-electron chi connectivity index (χ2n) is 8.83. The van der Waals surface area contributed by atoms with Crippen molar-refractivity contribution in [3.8, 4) is 11.4 Å². The Bertz CT molecular complexity index is 1610. The molecule has 0 radical (unpaired) electrons. The molecule has 0 spiro atoms. The van der Waals surface area contributed by atoms with Crippen LogP contribution in [0.4, 0.5) is 5.69 Å². The summed E-state index contributed by atoms with van der Waals surface area (Å²) in [4.78, 5) is 12.6. The van der Waals surface area contributed by atoms with Gasteiger partial charge in [-0.05, 0) is 54.1 Å². The first-order chi connectivity index (χ1) is 20.2. The molecular weight excluding hydrogens is 600 g/mol. The van der Waals surface area contributed by atoms with E-state index in [0.29, 0.717) is 24.1 Å². The van der Waals surface area contributed by atoms with Crippen LogP contribution in [-0.2, 0) is 17.9 Å². The third-order valence-corrected chi connectivity index (χ3v) is 7.29. The molecule has 4 aromatic carbocycles. The number of hydrogen-bond acceptors (Lipinski definition) is 7. The van der Waals surface area contributed by atoms with Gasteiger partial charge in [-0.25, -0.2) is 5.43 Å². The predicted octanol–water partition coefficient (Wildman–Crippen LogP) is 6.46. The molecule has 5 aromatic rings. The monoisotopic (exact) mass is 626 g/mol. The van der Waals surface area contributed by atoms with Crippen LogP contribution in [0.5, 0.6) is 5.75 Å². The number of carbonyl (C=O) groups excluding carboxylic acids is 1. The first-order valence-electron chi connectivity index (χ1n) is 12.9. The number of benzene rings is 4. The van der Waals surface area contributed by atoms with Crippen molar-refractivity contribution in [1.29, 1.82) is 0 Å². The summed E-state index contributed by atoms with van der Waals surface area (Å²) in [5.74, 6) is 1.27. The second kappa shape index (κ2) is 14.3. The number of para-hydroxylation sites is 3. The molecule has 0 saturated heterocycles. The van der Waals surface area contributed by atoms with Crippen LogP contribution in [0.3, 0.4) is 0 Å². The highest BCUT2D eigenvalue weighted by atomic mass is 79.9. The van der Waals surface area contributed by atoms with Gasteiger partial charge in [-0.15, -0.1) is 10.2 Å². The van der Waals surface area contributed by atoms with Gasteiger partial charge in [0.15, 0.2) is 11.0 Å². The third kappa shape index (κ3) is 8.06. The zero-order valence-corrected chi connectivity index (χ0v) is 24.4. The fourth-order valence-electron chi connectivity index (χ4n) is 3.92. The number of aromatic nitrogens is 3. The predicted molar refractivity (Wildman–Crippen MR) is 167 cm³/mol. The molecule has 10 heteroatoms. The van der Waals surface area contributed by atoms with Crippen molar-refractivity contribution < 1.29 is 9.53 Å². The van der Waals surface area contributed by atoms with Crippen LogP contribution < -0.4 is 15.5 Å². The Hall–Kier alpha value is -4.41. The number of hydrogen-bond donors (Lipinski definition) is 2. The van der Waals surface area contributed by atoms with Crippen LogP contribution in [0.25, 0.3) is 5.69 Å². The molecular formula is C31H27BrN6O2S. The first-order valence-corrected chi connectivity index (χ1v) is 14.6. The summed E-state index contributed by atoms with van der Waals surface area (Å²) in [7, 11) is 0. The minimum atomic E-state index is -0.259.